The summed E-state index contributed by atoms with van der Waals surface area (Å²) in [7, 11) is 1.26. The van der Waals surface area contributed by atoms with Crippen molar-refractivity contribution in [3.05, 3.63) is 22.0 Å². The van der Waals surface area contributed by atoms with Crippen LogP contribution in [-0.2, 0) is 7.05 Å². The average Bonchev–Trinajstić information content (AvgIpc) is 2.89. The SMILES string of the molecule is CC1=NN(C(=O)c2nn(C)cc2[N+](=O)[O-])[C@@](O)(C(F)(F)F)C1. The van der Waals surface area contributed by atoms with E-state index in [4.69, 9.17) is 0 Å². The van der Waals surface area contributed by atoms with Crippen LogP contribution in [0.15, 0.2) is 11.3 Å². The van der Waals surface area contributed by atoms with Crippen LogP contribution in [0.1, 0.15) is 23.8 Å². The number of hydrogen-bond acceptors (Lipinski definition) is 6. The zero-order chi connectivity index (χ0) is 16.9. The fourth-order valence-corrected chi connectivity index (χ4v) is 2.02. The van der Waals surface area contributed by atoms with Crippen molar-refractivity contribution in [1.29, 1.82) is 0 Å². The van der Waals surface area contributed by atoms with Crippen molar-refractivity contribution in [2.24, 2.45) is 12.1 Å². The molecule has 22 heavy (non-hydrogen) atoms. The van der Waals surface area contributed by atoms with Gasteiger partial charge in [-0.15, -0.1) is 0 Å². The summed E-state index contributed by atoms with van der Waals surface area (Å²) in [5.74, 6) is -1.51. The third kappa shape index (κ3) is 2.30. The van der Waals surface area contributed by atoms with Crippen LogP contribution in [0.25, 0.3) is 0 Å². The minimum absolute atomic E-state index is 0.147. The quantitative estimate of drug-likeness (QED) is 0.639. The molecule has 2 rings (SSSR count). The summed E-state index contributed by atoms with van der Waals surface area (Å²) in [4.78, 5) is 22.1. The Bertz CT molecular complexity index is 683. The smallest absolute Gasteiger partial charge is 0.362 e. The Labute approximate surface area is 120 Å². The van der Waals surface area contributed by atoms with Crippen molar-refractivity contribution in [3.8, 4) is 0 Å². The molecule has 120 valence electrons. The number of nitro groups is 1. The van der Waals surface area contributed by atoms with Crippen molar-refractivity contribution < 1.29 is 28.0 Å². The second-order valence-corrected chi connectivity index (χ2v) is 4.74. The zero-order valence-electron chi connectivity index (χ0n) is 11.3. The first-order chi connectivity index (χ1) is 9.97. The molecule has 2 heterocycles. The number of aryl methyl sites for hydroxylation is 1. The molecule has 1 aliphatic heterocycles. The number of aromatic nitrogens is 2. The Morgan fingerprint density at radius 1 is 1.55 bits per heavy atom. The van der Waals surface area contributed by atoms with E-state index in [1.807, 2.05) is 0 Å². The number of hydrogen-bond donors (Lipinski definition) is 1. The summed E-state index contributed by atoms with van der Waals surface area (Å²) >= 11 is 0. The molecule has 1 atom stereocenters. The second kappa shape index (κ2) is 4.76. The first-order valence-corrected chi connectivity index (χ1v) is 5.83. The van der Waals surface area contributed by atoms with E-state index in [0.29, 0.717) is 0 Å². The fourth-order valence-electron chi connectivity index (χ4n) is 2.02. The van der Waals surface area contributed by atoms with Crippen molar-refractivity contribution in [2.75, 3.05) is 0 Å². The van der Waals surface area contributed by atoms with Crippen molar-refractivity contribution in [3.63, 3.8) is 0 Å². The van der Waals surface area contributed by atoms with Gasteiger partial charge in [-0.25, -0.2) is 0 Å². The van der Waals surface area contributed by atoms with E-state index in [9.17, 15) is 33.2 Å². The molecule has 0 aromatic carbocycles. The molecule has 0 bridgehead atoms. The van der Waals surface area contributed by atoms with E-state index in [2.05, 4.69) is 10.2 Å². The molecular formula is C10H10F3N5O4. The summed E-state index contributed by atoms with van der Waals surface area (Å²) < 4.78 is 40.0. The van der Waals surface area contributed by atoms with Crippen molar-refractivity contribution >= 4 is 17.3 Å². The number of alkyl halides is 3. The van der Waals surface area contributed by atoms with Gasteiger partial charge in [-0.3, -0.25) is 19.6 Å². The van der Waals surface area contributed by atoms with E-state index in [1.54, 1.807) is 0 Å². The molecule has 12 heteroatoms. The predicted octanol–water partition coefficient (Wildman–Crippen LogP) is 0.801. The lowest BCUT2D eigenvalue weighted by Gasteiger charge is -2.32. The molecule has 1 aromatic heterocycles. The maximum Gasteiger partial charge on any atom is 0.438 e. The van der Waals surface area contributed by atoms with Crippen molar-refractivity contribution in [2.45, 2.75) is 25.2 Å². The number of rotatable bonds is 2. The van der Waals surface area contributed by atoms with Gasteiger partial charge in [0.2, 0.25) is 5.69 Å². The van der Waals surface area contributed by atoms with E-state index in [-0.39, 0.29) is 10.7 Å². The first-order valence-electron chi connectivity index (χ1n) is 5.83. The lowest BCUT2D eigenvalue weighted by atomic mass is 10.1. The standard InChI is InChI=1S/C10H10F3N5O4/c1-5-3-9(20,10(11,12)13)17(14-5)8(19)7-6(18(21)22)4-16(2)15-7/h4,20H,3H2,1-2H3/t9-/m0/s1. The Balaban J connectivity index is 2.50. The van der Waals surface area contributed by atoms with Crippen LogP contribution in [0, 0.1) is 10.1 Å². The molecular weight excluding hydrogens is 311 g/mol. The number of carbonyl (C=O) groups excluding carboxylic acids is 1. The molecule has 0 saturated carbocycles. The maximum absolute atomic E-state index is 13.0. The normalized spacial score (nSPS) is 21.9. The van der Waals surface area contributed by atoms with Gasteiger partial charge < -0.3 is 5.11 Å². The van der Waals surface area contributed by atoms with Crippen molar-refractivity contribution in [1.82, 2.24) is 14.8 Å². The lowest BCUT2D eigenvalue weighted by molar-refractivity contribution is -0.385. The molecule has 0 aliphatic carbocycles. The molecule has 0 unspecified atom stereocenters. The van der Waals surface area contributed by atoms with Gasteiger partial charge in [-0.2, -0.15) is 28.4 Å². The molecule has 1 N–H and O–H groups in total. The molecule has 0 spiro atoms. The molecule has 1 aromatic rings. The van der Waals surface area contributed by atoms with E-state index < -0.39 is 40.5 Å². The Morgan fingerprint density at radius 2 is 2.14 bits per heavy atom. The third-order valence-corrected chi connectivity index (χ3v) is 2.98. The summed E-state index contributed by atoms with van der Waals surface area (Å²) in [6.07, 6.45) is -5.26. The molecule has 0 fully saturated rings. The number of nitrogens with zero attached hydrogens (tertiary/aromatic N) is 5. The second-order valence-electron chi connectivity index (χ2n) is 4.74. The average molecular weight is 321 g/mol. The highest BCUT2D eigenvalue weighted by atomic mass is 19.4. The van der Waals surface area contributed by atoms with E-state index >= 15 is 0 Å². The van der Waals surface area contributed by atoms with Gasteiger partial charge in [0.1, 0.15) is 6.20 Å². The molecule has 1 amide bonds. The Kier molecular flexibility index (Phi) is 3.44. The van der Waals surface area contributed by atoms with Crippen LogP contribution < -0.4 is 0 Å². The van der Waals surface area contributed by atoms with Crippen LogP contribution in [0.3, 0.4) is 0 Å². The maximum atomic E-state index is 13.0. The van der Waals surface area contributed by atoms with Gasteiger partial charge in [-0.05, 0) is 6.92 Å². The zero-order valence-corrected chi connectivity index (χ0v) is 11.3. The van der Waals surface area contributed by atoms with Crippen LogP contribution in [0.2, 0.25) is 0 Å². The van der Waals surface area contributed by atoms with Gasteiger partial charge in [0.05, 0.1) is 4.92 Å². The largest absolute Gasteiger partial charge is 0.438 e. The fraction of sp³-hybridized carbons (Fsp3) is 0.500. The minimum atomic E-state index is -5.19. The molecule has 0 saturated heterocycles. The Morgan fingerprint density at radius 3 is 2.64 bits per heavy atom. The molecule has 1 aliphatic rings. The van der Waals surface area contributed by atoms with Crippen LogP contribution in [0.5, 0.6) is 0 Å². The highest BCUT2D eigenvalue weighted by Crippen LogP contribution is 2.41. The number of halogens is 3. The van der Waals surface area contributed by atoms with E-state index in [0.717, 1.165) is 10.9 Å². The van der Waals surface area contributed by atoms with Crippen LogP contribution >= 0.6 is 0 Å². The third-order valence-electron chi connectivity index (χ3n) is 2.98. The number of hydrazone groups is 1. The number of carbonyl (C=O) groups is 1. The van der Waals surface area contributed by atoms with Gasteiger partial charge in [0.25, 0.3) is 5.72 Å². The summed E-state index contributed by atoms with van der Waals surface area (Å²) in [6.45, 7) is 1.19. The molecule has 0 radical (unpaired) electrons. The highest BCUT2D eigenvalue weighted by Gasteiger charge is 2.63. The predicted molar refractivity (Wildman–Crippen MR) is 64.8 cm³/mol. The summed E-state index contributed by atoms with van der Waals surface area (Å²) in [5.41, 5.74) is -5.32. The first kappa shape index (κ1) is 15.9. The molecule has 9 nitrogen and oxygen atoms in total. The Hall–Kier alpha value is -2.50. The van der Waals surface area contributed by atoms with E-state index in [1.165, 1.54) is 14.0 Å². The van der Waals surface area contributed by atoms with Crippen LogP contribution in [0.4, 0.5) is 18.9 Å². The van der Waals surface area contributed by atoms with Gasteiger partial charge in [0.15, 0.2) is 0 Å². The van der Waals surface area contributed by atoms with Gasteiger partial charge in [0, 0.05) is 19.2 Å². The summed E-state index contributed by atoms with van der Waals surface area (Å²) in [5, 5.41) is 27.3. The topological polar surface area (TPSA) is 114 Å². The summed E-state index contributed by atoms with van der Waals surface area (Å²) in [6, 6.07) is 0. The van der Waals surface area contributed by atoms with Gasteiger partial charge >= 0.3 is 17.8 Å². The minimum Gasteiger partial charge on any atom is -0.362 e. The monoisotopic (exact) mass is 321 g/mol. The van der Waals surface area contributed by atoms with Crippen LogP contribution in [-0.4, -0.2) is 48.3 Å². The highest BCUT2D eigenvalue weighted by molar-refractivity contribution is 5.99. The van der Waals surface area contributed by atoms with Gasteiger partial charge in [-0.1, -0.05) is 0 Å². The lowest BCUT2D eigenvalue weighted by Crippen LogP contribution is -2.56. The number of amides is 1. The number of aliphatic hydroxyl groups is 1.